The Bertz CT molecular complexity index is 1140. The van der Waals surface area contributed by atoms with E-state index in [1.54, 1.807) is 18.7 Å². The highest BCUT2D eigenvalue weighted by molar-refractivity contribution is 6.36. The number of hydrogen-bond acceptors (Lipinski definition) is 7. The zero-order chi connectivity index (χ0) is 29.8. The topological polar surface area (TPSA) is 131 Å². The fraction of sp³-hybridized carbons (Fsp3) is 0.645. The first kappa shape index (κ1) is 30.5. The van der Waals surface area contributed by atoms with E-state index in [0.717, 1.165) is 31.1 Å². The summed E-state index contributed by atoms with van der Waals surface area (Å²) >= 11 is 0. The Morgan fingerprint density at radius 1 is 0.951 bits per heavy atom. The third kappa shape index (κ3) is 7.26. The molecular weight excluding hydrogens is 526 g/mol. The van der Waals surface area contributed by atoms with Gasteiger partial charge in [0.15, 0.2) is 0 Å². The molecular formula is C31H43N3O7. The number of amides is 3. The number of ketones is 1. The van der Waals surface area contributed by atoms with Crippen LogP contribution < -0.4 is 10.6 Å². The molecule has 4 atom stereocenters. The Morgan fingerprint density at radius 3 is 2.12 bits per heavy atom. The zero-order valence-electron chi connectivity index (χ0n) is 24.7. The minimum atomic E-state index is -1.01. The van der Waals surface area contributed by atoms with Crippen LogP contribution in [0.1, 0.15) is 64.5 Å². The summed E-state index contributed by atoms with van der Waals surface area (Å²) in [5.74, 6) is -2.60. The molecule has 1 heterocycles. The van der Waals surface area contributed by atoms with E-state index in [1.807, 2.05) is 38.1 Å². The van der Waals surface area contributed by atoms with E-state index in [1.165, 1.54) is 0 Å². The number of methoxy groups -OCH3 is 1. The second-order valence-electron chi connectivity index (χ2n) is 12.3. The van der Waals surface area contributed by atoms with Gasteiger partial charge in [-0.15, -0.1) is 0 Å². The van der Waals surface area contributed by atoms with Gasteiger partial charge < -0.3 is 25.0 Å². The summed E-state index contributed by atoms with van der Waals surface area (Å²) in [4.78, 5) is 67.3. The lowest BCUT2D eigenvalue weighted by molar-refractivity contribution is -0.153. The van der Waals surface area contributed by atoms with Crippen LogP contribution >= 0.6 is 0 Å². The predicted octanol–water partition coefficient (Wildman–Crippen LogP) is 2.80. The number of nitrogens with zero attached hydrogens (tertiary/aromatic N) is 1. The maximum absolute atomic E-state index is 14.3. The maximum Gasteiger partial charge on any atom is 0.408 e. The van der Waals surface area contributed by atoms with Crippen molar-refractivity contribution in [1.82, 2.24) is 15.5 Å². The number of alkyl carbamates (subject to hydrolysis) is 1. The standard InChI is InChI=1S/C31H43N3O7/c1-17(2)23-12-13-34(26(23)28(36)32-24(14-19-10-11-19)27(35)30(38)40-5)29(37)25(33-31(39)41-18(3)4)22-15-20-8-6-7-9-21(20)16-22/h6-9,17-19,22-26H,10-16H2,1-5H3,(H,32,36)(H,33,39)/t23?,24?,25-,26-/m0/s1. The molecule has 3 amide bonds. The molecule has 1 saturated heterocycles. The van der Waals surface area contributed by atoms with Crippen molar-refractivity contribution in [3.8, 4) is 0 Å². The summed E-state index contributed by atoms with van der Waals surface area (Å²) in [7, 11) is 1.14. The summed E-state index contributed by atoms with van der Waals surface area (Å²) in [6, 6.07) is 5.23. The van der Waals surface area contributed by atoms with Crippen LogP contribution in [-0.4, -0.2) is 72.4 Å². The summed E-state index contributed by atoms with van der Waals surface area (Å²) in [5.41, 5.74) is 2.27. The molecule has 10 heteroatoms. The van der Waals surface area contributed by atoms with Gasteiger partial charge in [-0.3, -0.25) is 14.4 Å². The molecule has 2 unspecified atom stereocenters. The number of carbonyl (C=O) groups excluding carboxylic acids is 5. The van der Waals surface area contributed by atoms with Crippen LogP contribution in [0.15, 0.2) is 24.3 Å². The largest absolute Gasteiger partial charge is 0.463 e. The number of carbonyl (C=O) groups is 5. The van der Waals surface area contributed by atoms with Crippen molar-refractivity contribution < 1.29 is 33.4 Å². The van der Waals surface area contributed by atoms with Gasteiger partial charge in [-0.1, -0.05) is 51.0 Å². The molecule has 0 spiro atoms. The molecule has 1 saturated carbocycles. The van der Waals surface area contributed by atoms with E-state index >= 15 is 0 Å². The number of Topliss-reactive ketones (excluding diaryl/α,β-unsaturated/α-hetero) is 1. The lowest BCUT2D eigenvalue weighted by atomic mass is 9.87. The maximum atomic E-state index is 14.3. The summed E-state index contributed by atoms with van der Waals surface area (Å²) in [6.45, 7) is 7.83. The first-order valence-corrected chi connectivity index (χ1v) is 14.8. The predicted molar refractivity (Wildman–Crippen MR) is 151 cm³/mol. The number of fused-ring (bicyclic) bond motifs is 1. The molecule has 1 aliphatic heterocycles. The van der Waals surface area contributed by atoms with Crippen LogP contribution in [-0.2, 0) is 41.5 Å². The van der Waals surface area contributed by atoms with Gasteiger partial charge in [-0.05, 0) is 74.3 Å². The molecule has 2 N–H and O–H groups in total. The molecule has 1 aromatic rings. The monoisotopic (exact) mass is 569 g/mol. The van der Waals surface area contributed by atoms with E-state index in [4.69, 9.17) is 4.74 Å². The van der Waals surface area contributed by atoms with Gasteiger partial charge in [0.1, 0.15) is 12.1 Å². The average molecular weight is 570 g/mol. The molecule has 41 heavy (non-hydrogen) atoms. The van der Waals surface area contributed by atoms with Gasteiger partial charge in [0, 0.05) is 6.54 Å². The van der Waals surface area contributed by atoms with Gasteiger partial charge in [-0.2, -0.15) is 0 Å². The molecule has 10 nitrogen and oxygen atoms in total. The Hall–Kier alpha value is -3.43. The van der Waals surface area contributed by atoms with Gasteiger partial charge in [-0.25, -0.2) is 9.59 Å². The smallest absolute Gasteiger partial charge is 0.408 e. The third-order valence-electron chi connectivity index (χ3n) is 8.57. The Labute approximate surface area is 241 Å². The van der Waals surface area contributed by atoms with Gasteiger partial charge >= 0.3 is 12.1 Å². The molecule has 1 aromatic carbocycles. The van der Waals surface area contributed by atoms with E-state index in [2.05, 4.69) is 15.4 Å². The van der Waals surface area contributed by atoms with Gasteiger partial charge in [0.25, 0.3) is 5.78 Å². The van der Waals surface area contributed by atoms with E-state index in [-0.39, 0.29) is 35.7 Å². The molecule has 0 bridgehead atoms. The number of esters is 1. The lowest BCUT2D eigenvalue weighted by Crippen LogP contribution is -2.59. The first-order valence-electron chi connectivity index (χ1n) is 14.8. The highest BCUT2D eigenvalue weighted by atomic mass is 16.6. The number of hydrogen-bond donors (Lipinski definition) is 2. The van der Waals surface area contributed by atoms with Crippen molar-refractivity contribution in [3.05, 3.63) is 35.4 Å². The molecule has 2 aliphatic carbocycles. The summed E-state index contributed by atoms with van der Waals surface area (Å²) < 4.78 is 9.98. The van der Waals surface area contributed by atoms with E-state index in [0.29, 0.717) is 32.2 Å². The summed E-state index contributed by atoms with van der Waals surface area (Å²) in [5, 5.41) is 5.63. The summed E-state index contributed by atoms with van der Waals surface area (Å²) in [6.07, 6.45) is 3.03. The van der Waals surface area contributed by atoms with Crippen LogP contribution in [0.2, 0.25) is 0 Å². The molecule has 0 radical (unpaired) electrons. The van der Waals surface area contributed by atoms with Crippen LogP contribution in [0.25, 0.3) is 0 Å². The number of ether oxygens (including phenoxy) is 2. The molecule has 3 aliphatic rings. The number of nitrogens with one attached hydrogen (secondary N) is 2. The number of benzene rings is 1. The Kier molecular flexibility index (Phi) is 9.71. The molecule has 224 valence electrons. The SMILES string of the molecule is COC(=O)C(=O)C(CC1CC1)NC(=O)[C@@H]1C(C(C)C)CCN1C(=O)[C@@H](NC(=O)OC(C)C)C1Cc2ccccc2C1. The Morgan fingerprint density at radius 2 is 1.59 bits per heavy atom. The van der Waals surface area contributed by atoms with Crippen LogP contribution in [0, 0.1) is 23.7 Å². The lowest BCUT2D eigenvalue weighted by Gasteiger charge is -2.34. The van der Waals surface area contributed by atoms with Crippen molar-refractivity contribution in [1.29, 1.82) is 0 Å². The van der Waals surface area contributed by atoms with Crippen LogP contribution in [0.3, 0.4) is 0 Å². The molecule has 4 rings (SSSR count). The molecule has 2 fully saturated rings. The van der Waals surface area contributed by atoms with Gasteiger partial charge in [0.05, 0.1) is 19.3 Å². The van der Waals surface area contributed by atoms with Crippen molar-refractivity contribution in [2.75, 3.05) is 13.7 Å². The van der Waals surface area contributed by atoms with Crippen molar-refractivity contribution in [2.45, 2.75) is 90.4 Å². The van der Waals surface area contributed by atoms with Crippen LogP contribution in [0.5, 0.6) is 0 Å². The van der Waals surface area contributed by atoms with Gasteiger partial charge in [0.2, 0.25) is 11.8 Å². The second kappa shape index (κ2) is 13.0. The third-order valence-corrected chi connectivity index (χ3v) is 8.57. The first-order chi connectivity index (χ1) is 19.5. The average Bonchev–Trinajstić information content (AvgIpc) is 3.45. The normalized spacial score (nSPS) is 21.8. The fourth-order valence-electron chi connectivity index (χ4n) is 6.28. The van der Waals surface area contributed by atoms with Crippen LogP contribution in [0.4, 0.5) is 4.79 Å². The number of likely N-dealkylation sites (tertiary alicyclic amines) is 1. The van der Waals surface area contributed by atoms with Crippen molar-refractivity contribution in [2.24, 2.45) is 23.7 Å². The minimum absolute atomic E-state index is 0.0785. The highest BCUT2D eigenvalue weighted by Gasteiger charge is 2.48. The fourth-order valence-corrected chi connectivity index (χ4v) is 6.28. The molecule has 0 aromatic heterocycles. The number of rotatable bonds is 11. The van der Waals surface area contributed by atoms with E-state index < -0.39 is 41.9 Å². The second-order valence-corrected chi connectivity index (χ2v) is 12.3. The Balaban J connectivity index is 1.59. The van der Waals surface area contributed by atoms with Crippen molar-refractivity contribution >= 4 is 29.7 Å². The quantitative estimate of drug-likeness (QED) is 0.310. The van der Waals surface area contributed by atoms with Crippen molar-refractivity contribution in [3.63, 3.8) is 0 Å². The highest BCUT2D eigenvalue weighted by Crippen LogP contribution is 2.36. The minimum Gasteiger partial charge on any atom is -0.463 e. The zero-order valence-corrected chi connectivity index (χ0v) is 24.7. The van der Waals surface area contributed by atoms with E-state index in [9.17, 15) is 24.0 Å².